The Morgan fingerprint density at radius 2 is 1.75 bits per heavy atom. The molecule has 4 N–H and O–H groups in total. The Hall–Kier alpha value is -4.06. The number of aliphatic hydroxyl groups excluding tert-OH is 1. The Morgan fingerprint density at radius 1 is 1.05 bits per heavy atom. The lowest BCUT2D eigenvalue weighted by Gasteiger charge is -2.41. The lowest BCUT2D eigenvalue weighted by Crippen LogP contribution is -2.43. The zero-order valence-corrected chi connectivity index (χ0v) is 25.5. The second-order valence-corrected chi connectivity index (χ2v) is 13.8. The number of ether oxygens (including phenoxy) is 1. The van der Waals surface area contributed by atoms with E-state index in [-0.39, 0.29) is 34.9 Å². The third kappa shape index (κ3) is 8.10. The van der Waals surface area contributed by atoms with Gasteiger partial charge in [-0.2, -0.15) is 21.6 Å². The number of nitrogens with one attached hydrogen (secondary N) is 1. The van der Waals surface area contributed by atoms with E-state index in [2.05, 4.69) is 9.71 Å². The minimum atomic E-state index is -4.48. The van der Waals surface area contributed by atoms with Crippen LogP contribution in [-0.2, 0) is 26.0 Å². The van der Waals surface area contributed by atoms with Gasteiger partial charge in [0.25, 0.3) is 10.0 Å². The summed E-state index contributed by atoms with van der Waals surface area (Å²) in [6.45, 7) is 5.50. The number of pyridine rings is 1. The second-order valence-electron chi connectivity index (χ2n) is 12.2. The molecule has 1 unspecified atom stereocenters. The predicted octanol–water partition coefficient (Wildman–Crippen LogP) is 7.07. The Kier molecular flexibility index (Phi) is 9.34. The van der Waals surface area contributed by atoms with Crippen LogP contribution in [-0.4, -0.2) is 36.3 Å². The van der Waals surface area contributed by atoms with Crippen LogP contribution in [0.1, 0.15) is 63.5 Å². The van der Waals surface area contributed by atoms with Crippen LogP contribution >= 0.6 is 0 Å². The van der Waals surface area contributed by atoms with E-state index >= 15 is 0 Å². The van der Waals surface area contributed by atoms with E-state index in [9.17, 15) is 31.5 Å². The van der Waals surface area contributed by atoms with Crippen molar-refractivity contribution in [3.8, 4) is 0 Å². The normalized spacial score (nSPS) is 18.5. The van der Waals surface area contributed by atoms with Crippen molar-refractivity contribution in [2.45, 2.75) is 75.6 Å². The van der Waals surface area contributed by atoms with Gasteiger partial charge in [-0.15, -0.1) is 0 Å². The number of halogens is 3. The number of hydrogen-bond acceptors (Lipinski definition) is 7. The van der Waals surface area contributed by atoms with Gasteiger partial charge in [0.1, 0.15) is 11.4 Å². The Bertz CT molecular complexity index is 1620. The lowest BCUT2D eigenvalue weighted by atomic mass is 9.70. The molecule has 2 aromatic carbocycles. The number of nitrogens with zero attached hydrogens (tertiary/aromatic N) is 1. The van der Waals surface area contributed by atoms with Crippen molar-refractivity contribution in [1.29, 1.82) is 0 Å². The van der Waals surface area contributed by atoms with Gasteiger partial charge in [0.2, 0.25) is 0 Å². The van der Waals surface area contributed by atoms with Crippen LogP contribution in [0.2, 0.25) is 0 Å². The molecular weight excluding hydrogens is 595 g/mol. The summed E-state index contributed by atoms with van der Waals surface area (Å²) in [6.07, 6.45) is -4.77. The lowest BCUT2D eigenvalue weighted by molar-refractivity contribution is -0.174. The Labute approximate surface area is 255 Å². The fourth-order valence-electron chi connectivity index (χ4n) is 5.52. The fraction of sp³-hybridized carbons (Fsp3) is 0.375. The largest absolute Gasteiger partial charge is 0.512 e. The first-order chi connectivity index (χ1) is 20.5. The number of rotatable bonds is 10. The summed E-state index contributed by atoms with van der Waals surface area (Å²) < 4.78 is 74.2. The van der Waals surface area contributed by atoms with Crippen LogP contribution in [0.15, 0.2) is 89.3 Å². The molecule has 1 aromatic heterocycles. The molecule has 0 radical (unpaired) electrons. The topological polar surface area (TPSA) is 132 Å². The maximum absolute atomic E-state index is 13.7. The number of carbonyl (C=O) groups is 1. The smallest absolute Gasteiger partial charge is 0.389 e. The third-order valence-electron chi connectivity index (χ3n) is 7.57. The van der Waals surface area contributed by atoms with Crippen LogP contribution in [0.4, 0.5) is 24.5 Å². The molecule has 4 rings (SSSR count). The average molecular weight is 632 g/mol. The van der Waals surface area contributed by atoms with Crippen LogP contribution in [0, 0.1) is 5.41 Å². The van der Waals surface area contributed by atoms with E-state index in [1.165, 1.54) is 24.4 Å². The molecule has 236 valence electrons. The molecule has 1 aliphatic rings. The van der Waals surface area contributed by atoms with E-state index < -0.39 is 51.9 Å². The minimum absolute atomic E-state index is 0.0694. The molecule has 1 aliphatic heterocycles. The second kappa shape index (κ2) is 12.5. The molecule has 0 amide bonds. The number of aliphatic hydroxyl groups is 1. The molecule has 0 saturated carbocycles. The van der Waals surface area contributed by atoms with Crippen LogP contribution in [0.5, 0.6) is 0 Å². The molecule has 0 saturated heterocycles. The highest BCUT2D eigenvalue weighted by molar-refractivity contribution is 7.92. The predicted molar refractivity (Wildman–Crippen MR) is 161 cm³/mol. The number of aryl methyl sites for hydroxylation is 1. The number of aromatic nitrogens is 1. The molecule has 2 atom stereocenters. The molecule has 0 fully saturated rings. The molecule has 0 aliphatic carbocycles. The standard InChI is InChI=1S/C32H36F3N3O5S/c1-30(2,3)28(22-10-7-11-24(18-22)38-44(41,42)26-13-12-23(36)20-37-26)27-25(39)19-31(43-29(27)40,16-17-32(33,34)35)15-14-21-8-5-4-6-9-21/h4-13,18,20,28,38-39H,14-17,19,36H2,1-3H3/t28?,31-/m1/s1. The zero-order chi connectivity index (χ0) is 32.3. The zero-order valence-electron chi connectivity index (χ0n) is 24.7. The van der Waals surface area contributed by atoms with Gasteiger partial charge >= 0.3 is 12.1 Å². The summed E-state index contributed by atoms with van der Waals surface area (Å²) in [7, 11) is -4.08. The number of carbonyl (C=O) groups excluding carboxylic acids is 1. The van der Waals surface area contributed by atoms with E-state index in [0.29, 0.717) is 17.7 Å². The van der Waals surface area contributed by atoms with E-state index in [1.54, 1.807) is 18.2 Å². The number of esters is 1. The first-order valence-corrected chi connectivity index (χ1v) is 15.6. The monoisotopic (exact) mass is 631 g/mol. The summed E-state index contributed by atoms with van der Waals surface area (Å²) in [5.41, 5.74) is 5.13. The summed E-state index contributed by atoms with van der Waals surface area (Å²) in [6, 6.07) is 18.2. The van der Waals surface area contributed by atoms with Crippen molar-refractivity contribution in [1.82, 2.24) is 4.98 Å². The van der Waals surface area contributed by atoms with Crippen LogP contribution < -0.4 is 10.5 Å². The van der Waals surface area contributed by atoms with Crippen molar-refractivity contribution < 1.29 is 36.2 Å². The Balaban J connectivity index is 1.68. The highest BCUT2D eigenvalue weighted by Gasteiger charge is 2.47. The fourth-order valence-corrected chi connectivity index (χ4v) is 6.50. The van der Waals surface area contributed by atoms with Crippen molar-refractivity contribution in [3.63, 3.8) is 0 Å². The molecule has 0 spiro atoms. The van der Waals surface area contributed by atoms with Crippen LogP contribution in [0.25, 0.3) is 0 Å². The van der Waals surface area contributed by atoms with Crippen molar-refractivity contribution in [3.05, 3.63) is 95.4 Å². The number of nitrogens with two attached hydrogens (primary N) is 1. The number of sulfonamides is 1. The average Bonchev–Trinajstić information content (AvgIpc) is 2.92. The number of hydrogen-bond donors (Lipinski definition) is 3. The Morgan fingerprint density at radius 3 is 2.34 bits per heavy atom. The third-order valence-corrected chi connectivity index (χ3v) is 8.86. The number of anilines is 2. The SMILES string of the molecule is CC(C)(C)C(C1=C(O)C[C@@](CCc2ccccc2)(CCC(F)(F)F)OC1=O)c1cccc(NS(=O)(=O)c2ccc(N)cn2)c1. The number of cyclic esters (lactones) is 1. The molecule has 44 heavy (non-hydrogen) atoms. The highest BCUT2D eigenvalue weighted by Crippen LogP contribution is 2.48. The van der Waals surface area contributed by atoms with Gasteiger partial charge in [0.05, 0.1) is 17.5 Å². The van der Waals surface area contributed by atoms with Gasteiger partial charge in [-0.1, -0.05) is 63.2 Å². The van der Waals surface area contributed by atoms with Gasteiger partial charge in [-0.05, 0) is 60.1 Å². The van der Waals surface area contributed by atoms with E-state index in [1.807, 2.05) is 51.1 Å². The van der Waals surface area contributed by atoms with E-state index in [4.69, 9.17) is 10.5 Å². The molecule has 2 heterocycles. The van der Waals surface area contributed by atoms with Gasteiger partial charge < -0.3 is 15.6 Å². The van der Waals surface area contributed by atoms with Crippen LogP contribution in [0.3, 0.4) is 0 Å². The summed E-state index contributed by atoms with van der Waals surface area (Å²) >= 11 is 0. The van der Waals surface area contributed by atoms with Gasteiger partial charge in [-0.3, -0.25) is 4.72 Å². The summed E-state index contributed by atoms with van der Waals surface area (Å²) in [5.74, 6) is -2.03. The number of benzene rings is 2. The van der Waals surface area contributed by atoms with Gasteiger partial charge in [0.15, 0.2) is 5.03 Å². The maximum Gasteiger partial charge on any atom is 0.389 e. The summed E-state index contributed by atoms with van der Waals surface area (Å²) in [5, 5.41) is 11.1. The van der Waals surface area contributed by atoms with E-state index in [0.717, 1.165) is 5.56 Å². The van der Waals surface area contributed by atoms with Crippen molar-refractivity contribution in [2.24, 2.45) is 5.41 Å². The first kappa shape index (κ1) is 32.8. The van der Waals surface area contributed by atoms with Crippen molar-refractivity contribution >= 4 is 27.4 Å². The molecule has 12 heteroatoms. The molecule has 3 aromatic rings. The van der Waals surface area contributed by atoms with Gasteiger partial charge in [-0.25, -0.2) is 9.78 Å². The molecule has 0 bridgehead atoms. The molecular formula is C32H36F3N3O5S. The molecule has 8 nitrogen and oxygen atoms in total. The number of alkyl halides is 3. The maximum atomic E-state index is 13.7. The minimum Gasteiger partial charge on any atom is -0.512 e. The van der Waals surface area contributed by atoms with Gasteiger partial charge in [0, 0.05) is 24.4 Å². The summed E-state index contributed by atoms with van der Waals surface area (Å²) in [4.78, 5) is 17.6. The first-order valence-electron chi connectivity index (χ1n) is 14.1. The highest BCUT2D eigenvalue weighted by atomic mass is 32.2. The number of nitrogen functional groups attached to an aromatic ring is 1. The quantitative estimate of drug-likeness (QED) is 0.204. The van der Waals surface area contributed by atoms with Crippen molar-refractivity contribution in [2.75, 3.05) is 10.5 Å².